The average Bonchev–Trinajstić information content (AvgIpc) is 2.87. The summed E-state index contributed by atoms with van der Waals surface area (Å²) >= 11 is 0. The van der Waals surface area contributed by atoms with Crippen LogP contribution in [0.15, 0.2) is 47.2 Å². The number of Topliss-reactive ketones (excluding diaryl/α,β-unsaturated/α-hetero) is 2. The van der Waals surface area contributed by atoms with Crippen molar-refractivity contribution in [1.82, 2.24) is 9.80 Å². The first-order chi connectivity index (χ1) is 19.2. The van der Waals surface area contributed by atoms with Crippen LogP contribution in [0.1, 0.15) is 23.1 Å². The van der Waals surface area contributed by atoms with Crippen molar-refractivity contribution in [2.24, 2.45) is 17.6 Å². The van der Waals surface area contributed by atoms with Crippen LogP contribution in [0.25, 0.3) is 16.9 Å². The van der Waals surface area contributed by atoms with Crippen LogP contribution in [0.5, 0.6) is 5.75 Å². The van der Waals surface area contributed by atoms with E-state index in [0.717, 1.165) is 5.56 Å². The van der Waals surface area contributed by atoms with Gasteiger partial charge in [0.2, 0.25) is 5.78 Å². The lowest BCUT2D eigenvalue weighted by Gasteiger charge is -2.50. The zero-order chi connectivity index (χ0) is 30.1. The number of ketones is 2. The minimum absolute atomic E-state index is 0.0516. The van der Waals surface area contributed by atoms with E-state index in [9.17, 15) is 34.8 Å². The van der Waals surface area contributed by atoms with E-state index in [0.29, 0.717) is 17.7 Å². The highest BCUT2D eigenvalue weighted by Gasteiger charge is 2.64. The van der Waals surface area contributed by atoms with Crippen molar-refractivity contribution in [2.45, 2.75) is 31.0 Å². The monoisotopic (exact) mass is 565 g/mol. The summed E-state index contributed by atoms with van der Waals surface area (Å²) < 4.78 is 15.2. The molecular weight excluding hydrogens is 533 g/mol. The maximum absolute atomic E-state index is 15.2. The minimum atomic E-state index is -2.72. The van der Waals surface area contributed by atoms with Crippen LogP contribution in [-0.2, 0) is 27.3 Å². The molecule has 2 unspecified atom stereocenters. The van der Waals surface area contributed by atoms with Gasteiger partial charge in [0.25, 0.3) is 5.91 Å². The van der Waals surface area contributed by atoms with Crippen molar-refractivity contribution in [1.29, 1.82) is 0 Å². The number of carbonyl (C=O) groups is 3. The molecule has 0 bridgehead atoms. The number of halogens is 1. The van der Waals surface area contributed by atoms with Crippen molar-refractivity contribution in [3.05, 3.63) is 69.7 Å². The van der Waals surface area contributed by atoms with E-state index >= 15 is 4.39 Å². The normalized spacial score (nSPS) is 25.9. The number of aliphatic hydroxyl groups is 3. The molecule has 0 aliphatic heterocycles. The van der Waals surface area contributed by atoms with Gasteiger partial charge in [-0.1, -0.05) is 12.1 Å². The van der Waals surface area contributed by atoms with Gasteiger partial charge in [-0.2, -0.15) is 0 Å². The zero-order valence-electron chi connectivity index (χ0n) is 23.1. The van der Waals surface area contributed by atoms with Crippen LogP contribution in [0.4, 0.5) is 4.39 Å². The first-order valence-electron chi connectivity index (χ1n) is 13.1. The molecule has 1 amide bonds. The minimum Gasteiger partial charge on any atom is -0.508 e. The summed E-state index contributed by atoms with van der Waals surface area (Å²) in [5.41, 5.74) is 3.32. The molecule has 5 rings (SSSR count). The summed E-state index contributed by atoms with van der Waals surface area (Å²) in [6.07, 6.45) is 0.0135. The summed E-state index contributed by atoms with van der Waals surface area (Å²) in [7, 11) is 6.83. The number of phenolic OH excluding ortho intramolecular Hbond substituents is 1. The summed E-state index contributed by atoms with van der Waals surface area (Å²) in [5.74, 6) is -7.81. The molecule has 2 aromatic carbocycles. The number of phenols is 1. The SMILES string of the molecule is CN(C)Cc1ccc(F)c(-c2ccc(O)c3c2CC2CC4[C@H](N(C)C)C(=O)C(C(N)=O)=C(O)[C@@]4(O)C(=O)C2=C3O)c1. The van der Waals surface area contributed by atoms with Crippen molar-refractivity contribution in [3.63, 3.8) is 0 Å². The van der Waals surface area contributed by atoms with Gasteiger partial charge in [-0.15, -0.1) is 0 Å². The van der Waals surface area contributed by atoms with E-state index in [4.69, 9.17) is 5.73 Å². The second-order valence-corrected chi connectivity index (χ2v) is 11.5. The number of likely N-dealkylation sites (N-methyl/N-ethyl adjacent to an activating group) is 1. The highest BCUT2D eigenvalue weighted by Crippen LogP contribution is 2.53. The highest BCUT2D eigenvalue weighted by atomic mass is 19.1. The van der Waals surface area contributed by atoms with Gasteiger partial charge in [-0.3, -0.25) is 19.3 Å². The largest absolute Gasteiger partial charge is 0.508 e. The topological polar surface area (TPSA) is 165 Å². The molecule has 10 nitrogen and oxygen atoms in total. The van der Waals surface area contributed by atoms with E-state index in [-0.39, 0.29) is 35.3 Å². The number of amides is 1. The summed E-state index contributed by atoms with van der Waals surface area (Å²) in [5, 5.41) is 44.9. The molecule has 6 N–H and O–H groups in total. The molecule has 0 saturated heterocycles. The molecule has 4 atom stereocenters. The van der Waals surface area contributed by atoms with Crippen molar-refractivity contribution < 1.29 is 39.2 Å². The number of aliphatic hydroxyl groups excluding tert-OH is 2. The fraction of sp³-hybridized carbons (Fsp3) is 0.367. The molecule has 11 heteroatoms. The van der Waals surface area contributed by atoms with Crippen LogP contribution >= 0.6 is 0 Å². The molecular formula is C30H32FN3O7. The van der Waals surface area contributed by atoms with E-state index in [1.807, 2.05) is 19.0 Å². The van der Waals surface area contributed by atoms with Crippen LogP contribution in [0, 0.1) is 17.7 Å². The Morgan fingerprint density at radius 1 is 1.07 bits per heavy atom. The number of fused-ring (bicyclic) bond motifs is 3. The van der Waals surface area contributed by atoms with Crippen LogP contribution in [0.3, 0.4) is 0 Å². The second kappa shape index (κ2) is 9.79. The number of nitrogens with two attached hydrogens (primary N) is 1. The Morgan fingerprint density at radius 2 is 1.76 bits per heavy atom. The maximum atomic E-state index is 15.2. The van der Waals surface area contributed by atoms with Crippen LogP contribution in [-0.4, -0.2) is 87.5 Å². The van der Waals surface area contributed by atoms with E-state index < -0.39 is 63.9 Å². The maximum Gasteiger partial charge on any atom is 0.255 e. The Hall–Kier alpha value is -4.06. The van der Waals surface area contributed by atoms with Crippen molar-refractivity contribution >= 4 is 23.2 Å². The van der Waals surface area contributed by atoms with Crippen molar-refractivity contribution in [2.75, 3.05) is 28.2 Å². The van der Waals surface area contributed by atoms with E-state index in [1.165, 1.54) is 31.1 Å². The standard InChI is InChI=1S/C30H32FN3O7/c1-33(2)12-13-5-7-19(31)16(9-13)15-6-8-20(35)22-17(15)10-14-11-18-24(34(3)4)26(37)23(29(32)40)28(39)30(18,41)27(38)21(14)25(22)36/h5-9,14,18,24,35-36,39,41H,10-12H2,1-4H3,(H2,32,40)/t14?,18?,24-,30-/m0/s1. The van der Waals surface area contributed by atoms with Gasteiger partial charge in [0, 0.05) is 23.6 Å². The first-order valence-corrected chi connectivity index (χ1v) is 13.1. The number of carbonyl (C=O) groups excluding carboxylic acids is 3. The Labute approximate surface area is 235 Å². The lowest BCUT2D eigenvalue weighted by molar-refractivity contribution is -0.153. The molecule has 0 radical (unpaired) electrons. The number of benzene rings is 2. The zero-order valence-corrected chi connectivity index (χ0v) is 23.1. The molecule has 0 aromatic heterocycles. The van der Waals surface area contributed by atoms with Crippen LogP contribution < -0.4 is 5.73 Å². The van der Waals surface area contributed by atoms with Gasteiger partial charge in [0.1, 0.15) is 28.7 Å². The lowest BCUT2D eigenvalue weighted by Crippen LogP contribution is -2.65. The second-order valence-electron chi connectivity index (χ2n) is 11.5. The predicted octanol–water partition coefficient (Wildman–Crippen LogP) is 1.83. The smallest absolute Gasteiger partial charge is 0.255 e. The predicted molar refractivity (Wildman–Crippen MR) is 147 cm³/mol. The van der Waals surface area contributed by atoms with Crippen molar-refractivity contribution in [3.8, 4) is 16.9 Å². The van der Waals surface area contributed by atoms with Gasteiger partial charge in [0.15, 0.2) is 11.4 Å². The molecule has 0 heterocycles. The Kier molecular flexibility index (Phi) is 6.80. The number of hydrogen-bond acceptors (Lipinski definition) is 9. The molecule has 216 valence electrons. The number of rotatable bonds is 5. The number of aromatic hydroxyl groups is 1. The number of nitrogens with zero attached hydrogens (tertiary/aromatic N) is 2. The summed E-state index contributed by atoms with van der Waals surface area (Å²) in [6, 6.07) is 6.37. The van der Waals surface area contributed by atoms with Gasteiger partial charge in [-0.05, 0) is 81.8 Å². The first kappa shape index (κ1) is 28.5. The van der Waals surface area contributed by atoms with Gasteiger partial charge in [0.05, 0.1) is 11.6 Å². The fourth-order valence-electron chi connectivity index (χ4n) is 6.74. The van der Waals surface area contributed by atoms with E-state index in [2.05, 4.69) is 0 Å². The third kappa shape index (κ3) is 4.14. The van der Waals surface area contributed by atoms with Gasteiger partial charge >= 0.3 is 0 Å². The van der Waals surface area contributed by atoms with E-state index in [1.54, 1.807) is 18.2 Å². The Morgan fingerprint density at radius 3 is 2.37 bits per heavy atom. The average molecular weight is 566 g/mol. The molecule has 3 aliphatic carbocycles. The molecule has 3 aliphatic rings. The molecule has 0 spiro atoms. The third-order valence-corrected chi connectivity index (χ3v) is 8.42. The Bertz CT molecular complexity index is 1580. The summed E-state index contributed by atoms with van der Waals surface area (Å²) in [4.78, 5) is 42.7. The molecule has 2 aromatic rings. The Balaban J connectivity index is 1.72. The van der Waals surface area contributed by atoms with Gasteiger partial charge < -0.3 is 31.1 Å². The fourth-order valence-corrected chi connectivity index (χ4v) is 6.74. The highest BCUT2D eigenvalue weighted by molar-refractivity contribution is 6.24. The molecule has 41 heavy (non-hydrogen) atoms. The lowest BCUT2D eigenvalue weighted by atomic mass is 9.57. The number of primary amides is 1. The molecule has 1 fully saturated rings. The van der Waals surface area contributed by atoms with Crippen LogP contribution in [0.2, 0.25) is 0 Å². The quantitative estimate of drug-likeness (QED) is 0.340. The number of hydrogen-bond donors (Lipinski definition) is 5. The van der Waals surface area contributed by atoms with Gasteiger partial charge in [-0.25, -0.2) is 4.39 Å². The summed E-state index contributed by atoms with van der Waals surface area (Å²) in [6.45, 7) is 0.546. The third-order valence-electron chi connectivity index (χ3n) is 8.42. The molecule has 1 saturated carbocycles.